The maximum atomic E-state index is 5.26. The fraction of sp³-hybridized carbons (Fsp3) is 0.625. The molecular formula is C24H35N3OS. The van der Waals surface area contributed by atoms with Crippen molar-refractivity contribution >= 4 is 11.3 Å². The van der Waals surface area contributed by atoms with Gasteiger partial charge in [-0.05, 0) is 82.2 Å². The van der Waals surface area contributed by atoms with E-state index < -0.39 is 0 Å². The second-order valence-electron chi connectivity index (χ2n) is 8.79. The van der Waals surface area contributed by atoms with E-state index in [0.29, 0.717) is 0 Å². The summed E-state index contributed by atoms with van der Waals surface area (Å²) in [6, 6.07) is 8.53. The van der Waals surface area contributed by atoms with Crippen molar-refractivity contribution < 1.29 is 4.74 Å². The zero-order valence-corrected chi connectivity index (χ0v) is 18.8. The molecule has 1 saturated heterocycles. The number of methoxy groups -OCH3 is 1. The number of likely N-dealkylation sites (tertiary alicyclic amines) is 1. The maximum Gasteiger partial charge on any atom is 0.118 e. The summed E-state index contributed by atoms with van der Waals surface area (Å²) in [5, 5.41) is 1.33. The average Bonchev–Trinajstić information content (AvgIpc) is 3.15. The van der Waals surface area contributed by atoms with E-state index >= 15 is 0 Å². The number of thiazole rings is 1. The average molecular weight is 414 g/mol. The Morgan fingerprint density at radius 3 is 2.79 bits per heavy atom. The highest BCUT2D eigenvalue weighted by atomic mass is 32.1. The standard InChI is InChI=1S/C24H35N3OS/c1-26(18-24-25-22-7-3-4-8-23(22)29-24)16-20-6-5-14-27(17-20)15-13-19-9-11-21(28-2)12-10-19/h9-12,20H,3-8,13-18H2,1-2H3. The molecule has 2 aromatic rings. The first-order valence-electron chi connectivity index (χ1n) is 11.2. The Morgan fingerprint density at radius 2 is 2.00 bits per heavy atom. The van der Waals surface area contributed by atoms with Crippen LogP contribution in [-0.2, 0) is 25.8 Å². The maximum absolute atomic E-state index is 5.26. The summed E-state index contributed by atoms with van der Waals surface area (Å²) in [7, 11) is 4.00. The van der Waals surface area contributed by atoms with Crippen molar-refractivity contribution in [3.63, 3.8) is 0 Å². The summed E-state index contributed by atoms with van der Waals surface area (Å²) in [4.78, 5) is 11.7. The van der Waals surface area contributed by atoms with Gasteiger partial charge in [-0.1, -0.05) is 12.1 Å². The summed E-state index contributed by atoms with van der Waals surface area (Å²) in [6.07, 6.45) is 8.92. The minimum Gasteiger partial charge on any atom is -0.497 e. The van der Waals surface area contributed by atoms with Gasteiger partial charge in [-0.2, -0.15) is 0 Å². The van der Waals surface area contributed by atoms with E-state index in [1.54, 1.807) is 12.0 Å². The summed E-state index contributed by atoms with van der Waals surface area (Å²) in [6.45, 7) is 5.83. The van der Waals surface area contributed by atoms with Gasteiger partial charge >= 0.3 is 0 Å². The van der Waals surface area contributed by atoms with Crippen LogP contribution in [0.15, 0.2) is 24.3 Å². The Labute approximate surface area is 179 Å². The van der Waals surface area contributed by atoms with Crippen LogP contribution in [0.25, 0.3) is 0 Å². The third-order valence-electron chi connectivity index (χ3n) is 6.34. The van der Waals surface area contributed by atoms with Crippen molar-refractivity contribution in [3.05, 3.63) is 45.4 Å². The van der Waals surface area contributed by atoms with Gasteiger partial charge in [-0.25, -0.2) is 4.98 Å². The predicted octanol–water partition coefficient (Wildman–Crippen LogP) is 4.42. The minimum atomic E-state index is 0.777. The fourth-order valence-electron chi connectivity index (χ4n) is 4.79. The second-order valence-corrected chi connectivity index (χ2v) is 9.96. The predicted molar refractivity (Wildman–Crippen MR) is 121 cm³/mol. The molecule has 0 bridgehead atoms. The molecule has 4 nitrogen and oxygen atoms in total. The lowest BCUT2D eigenvalue weighted by molar-refractivity contribution is 0.142. The monoisotopic (exact) mass is 413 g/mol. The molecule has 0 radical (unpaired) electrons. The van der Waals surface area contributed by atoms with E-state index in [-0.39, 0.29) is 0 Å². The molecule has 1 aromatic heterocycles. The Kier molecular flexibility index (Phi) is 7.22. The molecule has 29 heavy (non-hydrogen) atoms. The number of rotatable bonds is 8. The number of fused-ring (bicyclic) bond motifs is 1. The summed E-state index contributed by atoms with van der Waals surface area (Å²) in [5.74, 6) is 1.72. The van der Waals surface area contributed by atoms with Crippen molar-refractivity contribution in [3.8, 4) is 5.75 Å². The van der Waals surface area contributed by atoms with Crippen molar-refractivity contribution in [2.45, 2.75) is 51.5 Å². The number of benzene rings is 1. The lowest BCUT2D eigenvalue weighted by atomic mass is 9.97. The van der Waals surface area contributed by atoms with Gasteiger partial charge in [-0.3, -0.25) is 4.90 Å². The smallest absolute Gasteiger partial charge is 0.118 e. The van der Waals surface area contributed by atoms with Crippen LogP contribution in [0.2, 0.25) is 0 Å². The van der Waals surface area contributed by atoms with Gasteiger partial charge < -0.3 is 9.64 Å². The van der Waals surface area contributed by atoms with Crippen molar-refractivity contribution in [2.24, 2.45) is 5.92 Å². The number of nitrogens with zero attached hydrogens (tertiary/aromatic N) is 3. The van der Waals surface area contributed by atoms with Crippen molar-refractivity contribution in [2.75, 3.05) is 40.3 Å². The minimum absolute atomic E-state index is 0.777. The number of piperidine rings is 1. The van der Waals surface area contributed by atoms with Crippen molar-refractivity contribution in [1.29, 1.82) is 0 Å². The van der Waals surface area contributed by atoms with Gasteiger partial charge in [0, 0.05) is 24.5 Å². The van der Waals surface area contributed by atoms with Crippen LogP contribution in [0, 0.1) is 5.92 Å². The number of hydrogen-bond acceptors (Lipinski definition) is 5. The van der Waals surface area contributed by atoms with Crippen LogP contribution in [0.1, 0.15) is 46.8 Å². The van der Waals surface area contributed by atoms with E-state index in [2.05, 4.69) is 41.1 Å². The van der Waals surface area contributed by atoms with Crippen LogP contribution in [0.5, 0.6) is 5.75 Å². The Morgan fingerprint density at radius 1 is 1.17 bits per heavy atom. The van der Waals surface area contributed by atoms with Gasteiger partial charge in [0.2, 0.25) is 0 Å². The van der Waals surface area contributed by atoms with Gasteiger partial charge in [0.25, 0.3) is 0 Å². The molecule has 1 aliphatic carbocycles. The molecule has 4 rings (SSSR count). The van der Waals surface area contributed by atoms with E-state index in [1.165, 1.54) is 74.4 Å². The molecule has 0 spiro atoms. The normalized spacial score (nSPS) is 20.0. The molecule has 2 heterocycles. The SMILES string of the molecule is COc1ccc(CCN2CCCC(CN(C)Cc3nc4c(s3)CCCC4)C2)cc1. The molecule has 2 aliphatic rings. The Hall–Kier alpha value is -1.43. The van der Waals surface area contributed by atoms with Gasteiger partial charge in [0.05, 0.1) is 19.3 Å². The first kappa shape index (κ1) is 20.8. The molecule has 1 atom stereocenters. The highest BCUT2D eigenvalue weighted by Gasteiger charge is 2.22. The van der Waals surface area contributed by atoms with Crippen LogP contribution in [-0.4, -0.2) is 55.1 Å². The second kappa shape index (κ2) is 10.1. The van der Waals surface area contributed by atoms with E-state index in [9.17, 15) is 0 Å². The zero-order valence-electron chi connectivity index (χ0n) is 18.0. The number of aryl methyl sites for hydroxylation is 2. The molecule has 5 heteroatoms. The largest absolute Gasteiger partial charge is 0.497 e. The Balaban J connectivity index is 1.23. The molecule has 158 valence electrons. The number of ether oxygens (including phenoxy) is 1. The van der Waals surface area contributed by atoms with Crippen LogP contribution < -0.4 is 4.74 Å². The topological polar surface area (TPSA) is 28.6 Å². The highest BCUT2D eigenvalue weighted by molar-refractivity contribution is 7.11. The number of aromatic nitrogens is 1. The number of hydrogen-bond donors (Lipinski definition) is 0. The first-order valence-corrected chi connectivity index (χ1v) is 12.0. The van der Waals surface area contributed by atoms with E-state index in [1.807, 2.05) is 11.3 Å². The quantitative estimate of drug-likeness (QED) is 0.641. The zero-order chi connectivity index (χ0) is 20.1. The first-order chi connectivity index (χ1) is 14.2. The summed E-state index contributed by atoms with van der Waals surface area (Å²) in [5.41, 5.74) is 2.80. The Bertz CT molecular complexity index is 749. The molecule has 1 aromatic carbocycles. The van der Waals surface area contributed by atoms with Gasteiger partial charge in [0.1, 0.15) is 10.8 Å². The van der Waals surface area contributed by atoms with Crippen LogP contribution in [0.3, 0.4) is 0 Å². The van der Waals surface area contributed by atoms with Crippen LogP contribution >= 0.6 is 11.3 Å². The molecular weight excluding hydrogens is 378 g/mol. The van der Waals surface area contributed by atoms with Gasteiger partial charge in [-0.15, -0.1) is 11.3 Å². The lowest BCUT2D eigenvalue weighted by Gasteiger charge is -2.34. The molecule has 1 aliphatic heterocycles. The molecule has 0 saturated carbocycles. The molecule has 1 fully saturated rings. The van der Waals surface area contributed by atoms with E-state index in [0.717, 1.165) is 31.2 Å². The van der Waals surface area contributed by atoms with Crippen molar-refractivity contribution in [1.82, 2.24) is 14.8 Å². The summed E-state index contributed by atoms with van der Waals surface area (Å²) < 4.78 is 5.26. The molecule has 0 amide bonds. The lowest BCUT2D eigenvalue weighted by Crippen LogP contribution is -2.40. The van der Waals surface area contributed by atoms with E-state index in [4.69, 9.17) is 9.72 Å². The third-order valence-corrected chi connectivity index (χ3v) is 7.49. The summed E-state index contributed by atoms with van der Waals surface area (Å²) >= 11 is 1.96. The highest BCUT2D eigenvalue weighted by Crippen LogP contribution is 2.27. The van der Waals surface area contributed by atoms with Crippen LogP contribution in [0.4, 0.5) is 0 Å². The fourth-order valence-corrected chi connectivity index (χ4v) is 6.03. The molecule has 1 unspecified atom stereocenters. The third kappa shape index (κ3) is 5.80. The molecule has 0 N–H and O–H groups in total. The van der Waals surface area contributed by atoms with Gasteiger partial charge in [0.15, 0.2) is 0 Å².